The van der Waals surface area contributed by atoms with Crippen LogP contribution >= 0.6 is 7.82 Å². The van der Waals surface area contributed by atoms with Crippen LogP contribution in [0.15, 0.2) is 0 Å². The molecule has 0 aromatic rings. The van der Waals surface area contributed by atoms with E-state index in [-0.39, 0.29) is 25.6 Å². The lowest BCUT2D eigenvalue weighted by atomic mass is 10.0. The number of carbonyl (C=O) groups excluding carboxylic acids is 2. The molecule has 352 valence electrons. The summed E-state index contributed by atoms with van der Waals surface area (Å²) in [5, 5.41) is 0. The van der Waals surface area contributed by atoms with Crippen LogP contribution in [0.3, 0.4) is 0 Å². The Bertz CT molecular complexity index is 931. The Balaban J connectivity index is 3.82. The van der Waals surface area contributed by atoms with Crippen LogP contribution in [0.25, 0.3) is 0 Å². The summed E-state index contributed by atoms with van der Waals surface area (Å²) in [7, 11) is -3.19. The molecule has 2 unspecified atom stereocenters. The zero-order valence-electron chi connectivity index (χ0n) is 39.4. The van der Waals surface area contributed by atoms with Crippen LogP contribution in [0.2, 0.25) is 0 Å². The molecule has 9 heteroatoms. The van der Waals surface area contributed by atoms with Gasteiger partial charge in [0, 0.05) is 20.0 Å². The van der Waals surface area contributed by atoms with E-state index in [4.69, 9.17) is 14.0 Å². The molecule has 0 rings (SSSR count). The van der Waals surface area contributed by atoms with Crippen molar-refractivity contribution >= 4 is 19.8 Å². The van der Waals surface area contributed by atoms with Gasteiger partial charge >= 0.3 is 19.8 Å². The number of ether oxygens (including phenoxy) is 2. The molecule has 0 saturated carbocycles. The van der Waals surface area contributed by atoms with Gasteiger partial charge in [-0.2, -0.15) is 0 Å². The third-order valence-corrected chi connectivity index (χ3v) is 12.8. The van der Waals surface area contributed by atoms with Crippen LogP contribution < -0.4 is 0 Å². The van der Waals surface area contributed by atoms with Gasteiger partial charge in [0.15, 0.2) is 6.10 Å². The van der Waals surface area contributed by atoms with Crippen molar-refractivity contribution in [1.82, 2.24) is 0 Å². The molecule has 0 aliphatic heterocycles. The number of esters is 2. The Morgan fingerprint density at radius 1 is 0.407 bits per heavy atom. The zero-order valence-corrected chi connectivity index (χ0v) is 40.3. The lowest BCUT2D eigenvalue weighted by molar-refractivity contribution is -0.161. The summed E-state index contributed by atoms with van der Waals surface area (Å²) in [4.78, 5) is 34.6. The first-order valence-corrected chi connectivity index (χ1v) is 27.2. The second-order valence-electron chi connectivity index (χ2n) is 17.7. The van der Waals surface area contributed by atoms with Gasteiger partial charge in [-0.05, 0) is 12.8 Å². The van der Waals surface area contributed by atoms with Crippen molar-refractivity contribution in [2.24, 2.45) is 0 Å². The highest BCUT2D eigenvalue weighted by Gasteiger charge is 2.24. The molecule has 0 heterocycles. The third-order valence-electron chi connectivity index (χ3n) is 11.9. The largest absolute Gasteiger partial charge is 0.472 e. The summed E-state index contributed by atoms with van der Waals surface area (Å²) >= 11 is 0. The Labute approximate surface area is 366 Å². The molecular formula is C50H99O8P. The lowest BCUT2D eigenvalue weighted by Gasteiger charge is -2.19. The monoisotopic (exact) mass is 859 g/mol. The van der Waals surface area contributed by atoms with Gasteiger partial charge in [0.2, 0.25) is 0 Å². The molecule has 59 heavy (non-hydrogen) atoms. The highest BCUT2D eigenvalue weighted by molar-refractivity contribution is 7.47. The highest BCUT2D eigenvalue weighted by Crippen LogP contribution is 2.42. The zero-order chi connectivity index (χ0) is 43.2. The molecule has 0 bridgehead atoms. The molecule has 1 N–H and O–H groups in total. The fourth-order valence-corrected chi connectivity index (χ4v) is 8.36. The van der Waals surface area contributed by atoms with Gasteiger partial charge in [-0.25, -0.2) is 4.57 Å². The average molecular weight is 859 g/mol. The maximum Gasteiger partial charge on any atom is 0.472 e. The second-order valence-corrected chi connectivity index (χ2v) is 19.2. The van der Waals surface area contributed by atoms with Gasteiger partial charge in [0.1, 0.15) is 6.61 Å². The van der Waals surface area contributed by atoms with Crippen LogP contribution in [0.4, 0.5) is 0 Å². The molecule has 0 amide bonds. The Morgan fingerprint density at radius 3 is 0.932 bits per heavy atom. The Kier molecular flexibility index (Phi) is 45.8. The molecule has 0 saturated heterocycles. The van der Waals surface area contributed by atoms with Crippen LogP contribution in [0, 0.1) is 0 Å². The maximum absolute atomic E-state index is 12.6. The SMILES string of the molecule is CCCCCCCCCCCCCCCCCCCCCCCCCC(=O)OC(COC(=O)CCCCCCCCCCCCCCCCCCC)COP(=O)(O)OC. The quantitative estimate of drug-likeness (QED) is 0.0366. The van der Waals surface area contributed by atoms with E-state index in [9.17, 15) is 19.0 Å². The molecule has 0 fully saturated rings. The summed E-state index contributed by atoms with van der Waals surface area (Å²) in [6.07, 6.45) is 51.7. The minimum atomic E-state index is -4.26. The van der Waals surface area contributed by atoms with Gasteiger partial charge < -0.3 is 14.4 Å². The number of hydrogen-bond donors (Lipinski definition) is 1. The van der Waals surface area contributed by atoms with Crippen molar-refractivity contribution in [3.05, 3.63) is 0 Å². The first-order chi connectivity index (χ1) is 28.8. The van der Waals surface area contributed by atoms with Crippen molar-refractivity contribution in [2.75, 3.05) is 20.3 Å². The fraction of sp³-hybridized carbons (Fsp3) is 0.960. The van der Waals surface area contributed by atoms with Gasteiger partial charge in [-0.15, -0.1) is 0 Å². The van der Waals surface area contributed by atoms with Crippen molar-refractivity contribution in [2.45, 2.75) is 290 Å². The molecule has 0 aliphatic rings. The number of phosphoric acid groups is 1. The summed E-state index contributed by atoms with van der Waals surface area (Å²) in [6, 6.07) is 0. The van der Waals surface area contributed by atoms with E-state index in [1.165, 1.54) is 218 Å². The van der Waals surface area contributed by atoms with E-state index >= 15 is 0 Å². The van der Waals surface area contributed by atoms with E-state index in [0.29, 0.717) is 6.42 Å². The maximum atomic E-state index is 12.6. The number of carbonyl (C=O) groups is 2. The van der Waals surface area contributed by atoms with Crippen LogP contribution in [0.1, 0.15) is 284 Å². The first-order valence-electron chi connectivity index (χ1n) is 25.7. The smallest absolute Gasteiger partial charge is 0.462 e. The minimum absolute atomic E-state index is 0.216. The number of rotatable bonds is 49. The highest BCUT2D eigenvalue weighted by atomic mass is 31.2. The van der Waals surface area contributed by atoms with Gasteiger partial charge in [0.25, 0.3) is 0 Å². The first kappa shape index (κ1) is 58.0. The van der Waals surface area contributed by atoms with E-state index in [2.05, 4.69) is 18.4 Å². The molecule has 2 atom stereocenters. The van der Waals surface area contributed by atoms with E-state index < -0.39 is 19.9 Å². The molecule has 8 nitrogen and oxygen atoms in total. The minimum Gasteiger partial charge on any atom is -0.462 e. The summed E-state index contributed by atoms with van der Waals surface area (Å²) < 4.78 is 32.2. The van der Waals surface area contributed by atoms with E-state index in [1.807, 2.05) is 0 Å². The van der Waals surface area contributed by atoms with Gasteiger partial charge in [0.05, 0.1) is 6.61 Å². The molecule has 0 radical (unpaired) electrons. The number of hydrogen-bond acceptors (Lipinski definition) is 7. The lowest BCUT2D eigenvalue weighted by Crippen LogP contribution is -2.29. The van der Waals surface area contributed by atoms with Crippen molar-refractivity contribution in [1.29, 1.82) is 0 Å². The normalized spacial score (nSPS) is 13.1. The standard InChI is InChI=1S/C50H99O8P/c1-4-6-8-10-12-14-16-18-20-22-23-24-25-26-27-29-31-33-35-37-39-41-43-45-50(52)58-48(47-57-59(53,54)55-3)46-56-49(51)44-42-40-38-36-34-32-30-28-21-19-17-15-13-11-9-7-5-2/h48H,4-47H2,1-3H3,(H,53,54). The number of unbranched alkanes of at least 4 members (excludes halogenated alkanes) is 38. The van der Waals surface area contributed by atoms with Crippen molar-refractivity contribution < 1.29 is 37.6 Å². The predicted molar refractivity (Wildman–Crippen MR) is 249 cm³/mol. The van der Waals surface area contributed by atoms with E-state index in [0.717, 1.165) is 45.6 Å². The van der Waals surface area contributed by atoms with Crippen molar-refractivity contribution in [3.63, 3.8) is 0 Å². The topological polar surface area (TPSA) is 108 Å². The third kappa shape index (κ3) is 46.4. The summed E-state index contributed by atoms with van der Waals surface area (Å²) in [5.74, 6) is -0.780. The Morgan fingerprint density at radius 2 is 0.661 bits per heavy atom. The molecular weight excluding hydrogens is 760 g/mol. The van der Waals surface area contributed by atoms with Gasteiger partial charge in [-0.1, -0.05) is 258 Å². The average Bonchev–Trinajstić information content (AvgIpc) is 3.23. The Hall–Kier alpha value is -0.950. The second kappa shape index (κ2) is 46.6. The summed E-state index contributed by atoms with van der Waals surface area (Å²) in [6.45, 7) is 3.95. The van der Waals surface area contributed by atoms with E-state index in [1.54, 1.807) is 0 Å². The molecule has 0 spiro atoms. The van der Waals surface area contributed by atoms with Crippen LogP contribution in [-0.2, 0) is 32.7 Å². The molecule has 0 aliphatic carbocycles. The fourth-order valence-electron chi connectivity index (χ4n) is 7.90. The number of phosphoric ester groups is 1. The summed E-state index contributed by atoms with van der Waals surface area (Å²) in [5.41, 5.74) is 0. The van der Waals surface area contributed by atoms with Crippen molar-refractivity contribution in [3.8, 4) is 0 Å². The molecule has 0 aromatic carbocycles. The van der Waals surface area contributed by atoms with Gasteiger partial charge in [-0.3, -0.25) is 18.6 Å². The van der Waals surface area contributed by atoms with Crippen LogP contribution in [-0.4, -0.2) is 43.3 Å². The predicted octanol–water partition coefficient (Wildman–Crippen LogP) is 16.6. The van der Waals surface area contributed by atoms with Crippen LogP contribution in [0.5, 0.6) is 0 Å². The molecule has 0 aromatic heterocycles.